The molecule has 1 fully saturated rings. The number of nitrogens with zero attached hydrogens (tertiary/aromatic N) is 2. The number of carbonyl (C=O) groups is 1. The topological polar surface area (TPSA) is 69.7 Å². The maximum absolute atomic E-state index is 13.0. The molecule has 1 heterocycles. The largest absolute Gasteiger partial charge is 0.324 e. The number of rotatable bonds is 6. The summed E-state index contributed by atoms with van der Waals surface area (Å²) in [5.74, 6) is 0. The van der Waals surface area contributed by atoms with Gasteiger partial charge < -0.3 is 4.90 Å². The second-order valence-corrected chi connectivity index (χ2v) is 8.84. The molecule has 6 nitrogen and oxygen atoms in total. The molecule has 0 atom stereocenters. The fourth-order valence-electron chi connectivity index (χ4n) is 3.49. The number of urea groups is 1. The molecule has 0 saturated carbocycles. The Bertz CT molecular complexity index is 1100. The monoisotopic (exact) mass is 421 g/mol. The van der Waals surface area contributed by atoms with Gasteiger partial charge in [0, 0.05) is 31.0 Å². The van der Waals surface area contributed by atoms with Crippen LogP contribution in [0.15, 0.2) is 89.8 Å². The highest BCUT2D eigenvalue weighted by atomic mass is 32.2. The average molecular weight is 422 g/mol. The van der Waals surface area contributed by atoms with Gasteiger partial charge in [0.1, 0.15) is 0 Å². The Kier molecular flexibility index (Phi) is 5.72. The molecule has 1 aliphatic rings. The number of amides is 2. The fourth-order valence-corrected chi connectivity index (χ4v) is 4.57. The highest BCUT2D eigenvalue weighted by Gasteiger charge is 2.26. The predicted molar refractivity (Wildman–Crippen MR) is 118 cm³/mol. The van der Waals surface area contributed by atoms with Crippen molar-refractivity contribution in [1.29, 1.82) is 0 Å². The van der Waals surface area contributed by atoms with Crippen molar-refractivity contribution in [3.8, 4) is 0 Å². The molecule has 0 aliphatic carbocycles. The molecule has 0 unspecified atom stereocenters. The van der Waals surface area contributed by atoms with Crippen LogP contribution in [0.25, 0.3) is 0 Å². The second kappa shape index (κ2) is 8.59. The Morgan fingerprint density at radius 3 is 2.10 bits per heavy atom. The minimum absolute atomic E-state index is 0.0391. The summed E-state index contributed by atoms with van der Waals surface area (Å²) in [5.41, 5.74) is 2.30. The zero-order valence-corrected chi connectivity index (χ0v) is 17.3. The van der Waals surface area contributed by atoms with E-state index in [1.807, 2.05) is 35.2 Å². The maximum atomic E-state index is 13.0. The summed E-state index contributed by atoms with van der Waals surface area (Å²) in [5, 5.41) is 0. The summed E-state index contributed by atoms with van der Waals surface area (Å²) in [7, 11) is -3.64. The first-order valence-corrected chi connectivity index (χ1v) is 11.3. The lowest BCUT2D eigenvalue weighted by Crippen LogP contribution is -2.49. The molecule has 0 radical (unpaired) electrons. The number of benzene rings is 3. The number of hydrogen-bond acceptors (Lipinski definition) is 3. The van der Waals surface area contributed by atoms with Gasteiger partial charge in [-0.1, -0.05) is 48.5 Å². The summed E-state index contributed by atoms with van der Waals surface area (Å²) < 4.78 is 27.5. The maximum Gasteiger partial charge on any atom is 0.324 e. The zero-order chi connectivity index (χ0) is 21.0. The van der Waals surface area contributed by atoms with E-state index in [-0.39, 0.29) is 10.9 Å². The summed E-state index contributed by atoms with van der Waals surface area (Å²) in [4.78, 5) is 16.8. The number of sulfonamides is 1. The summed E-state index contributed by atoms with van der Waals surface area (Å²) in [6.07, 6.45) is 0.876. The van der Waals surface area contributed by atoms with Crippen molar-refractivity contribution in [1.82, 2.24) is 4.90 Å². The van der Waals surface area contributed by atoms with Gasteiger partial charge in [0.25, 0.3) is 10.0 Å². The van der Waals surface area contributed by atoms with Crippen molar-refractivity contribution >= 4 is 27.4 Å². The second-order valence-electron chi connectivity index (χ2n) is 7.16. The first-order chi connectivity index (χ1) is 14.5. The van der Waals surface area contributed by atoms with E-state index in [1.54, 1.807) is 59.5 Å². The van der Waals surface area contributed by atoms with Crippen LogP contribution >= 0.6 is 0 Å². The van der Waals surface area contributed by atoms with Gasteiger partial charge in [-0.25, -0.2) is 13.2 Å². The van der Waals surface area contributed by atoms with Gasteiger partial charge in [0.2, 0.25) is 0 Å². The van der Waals surface area contributed by atoms with Crippen LogP contribution in [0.2, 0.25) is 0 Å². The molecule has 154 valence electrons. The number of nitrogens with one attached hydrogen (secondary N) is 1. The molecule has 4 rings (SSSR count). The fraction of sp³-hybridized carbons (Fsp3) is 0.174. The number of anilines is 2. The van der Waals surface area contributed by atoms with Crippen LogP contribution < -0.4 is 9.62 Å². The molecule has 1 aliphatic heterocycles. The molecule has 0 bridgehead atoms. The molecule has 0 aromatic heterocycles. The first-order valence-electron chi connectivity index (χ1n) is 9.81. The Hall–Kier alpha value is -3.32. The molecular formula is C23H23N3O3S. The lowest BCUT2D eigenvalue weighted by molar-refractivity contribution is 0.192. The third kappa shape index (κ3) is 4.46. The summed E-state index contributed by atoms with van der Waals surface area (Å²) in [6.45, 7) is 1.93. The summed E-state index contributed by atoms with van der Waals surface area (Å²) >= 11 is 0. The van der Waals surface area contributed by atoms with Crippen LogP contribution in [-0.4, -0.2) is 32.4 Å². The van der Waals surface area contributed by atoms with Gasteiger partial charge in [0.15, 0.2) is 0 Å². The minimum Gasteiger partial charge on any atom is -0.320 e. The Labute approximate surface area is 176 Å². The van der Waals surface area contributed by atoms with E-state index in [9.17, 15) is 13.2 Å². The Morgan fingerprint density at radius 2 is 1.43 bits per heavy atom. The van der Waals surface area contributed by atoms with E-state index in [1.165, 1.54) is 0 Å². The van der Waals surface area contributed by atoms with Crippen molar-refractivity contribution in [2.24, 2.45) is 0 Å². The average Bonchev–Trinajstić information content (AvgIpc) is 2.77. The van der Waals surface area contributed by atoms with Gasteiger partial charge in [-0.05, 0) is 48.4 Å². The Balaban J connectivity index is 1.46. The molecule has 1 N–H and O–H groups in total. The lowest BCUT2D eigenvalue weighted by atomic mass is 10.2. The van der Waals surface area contributed by atoms with Crippen molar-refractivity contribution in [3.63, 3.8) is 0 Å². The van der Waals surface area contributed by atoms with Crippen LogP contribution in [0.5, 0.6) is 0 Å². The number of hydrogen-bond donors (Lipinski definition) is 1. The molecule has 30 heavy (non-hydrogen) atoms. The van der Waals surface area contributed by atoms with E-state index in [2.05, 4.69) is 4.72 Å². The highest BCUT2D eigenvalue weighted by molar-refractivity contribution is 7.92. The predicted octanol–water partition coefficient (Wildman–Crippen LogP) is 4.32. The van der Waals surface area contributed by atoms with Gasteiger partial charge in [0.05, 0.1) is 4.90 Å². The van der Waals surface area contributed by atoms with Crippen LogP contribution in [0, 0.1) is 0 Å². The van der Waals surface area contributed by atoms with E-state index in [0.29, 0.717) is 18.8 Å². The smallest absolute Gasteiger partial charge is 0.320 e. The third-order valence-electron chi connectivity index (χ3n) is 5.01. The SMILES string of the molecule is O=C1N(Cc2ccccc2)CCCN1c1ccc(NS(=O)(=O)c2ccccc2)cc1. The van der Waals surface area contributed by atoms with Gasteiger partial charge in [-0.2, -0.15) is 0 Å². The molecular weight excluding hydrogens is 398 g/mol. The van der Waals surface area contributed by atoms with Crippen LogP contribution in [0.4, 0.5) is 16.2 Å². The Morgan fingerprint density at radius 1 is 0.800 bits per heavy atom. The van der Waals surface area contributed by atoms with E-state index < -0.39 is 10.0 Å². The molecule has 3 aromatic carbocycles. The van der Waals surface area contributed by atoms with Crippen LogP contribution in [0.3, 0.4) is 0 Å². The van der Waals surface area contributed by atoms with Crippen molar-refractivity contribution in [2.45, 2.75) is 17.9 Å². The number of carbonyl (C=O) groups excluding carboxylic acids is 1. The first kappa shape index (κ1) is 20.0. The minimum atomic E-state index is -3.64. The molecule has 3 aromatic rings. The van der Waals surface area contributed by atoms with Crippen molar-refractivity contribution in [2.75, 3.05) is 22.7 Å². The summed E-state index contributed by atoms with van der Waals surface area (Å²) in [6, 6.07) is 25.0. The van der Waals surface area contributed by atoms with E-state index in [4.69, 9.17) is 0 Å². The van der Waals surface area contributed by atoms with Gasteiger partial charge in [-0.15, -0.1) is 0 Å². The van der Waals surface area contributed by atoms with Crippen molar-refractivity contribution < 1.29 is 13.2 Å². The zero-order valence-electron chi connectivity index (χ0n) is 16.4. The van der Waals surface area contributed by atoms with Crippen LogP contribution in [-0.2, 0) is 16.6 Å². The lowest BCUT2D eigenvalue weighted by Gasteiger charge is -2.35. The standard InChI is InChI=1S/C23H23N3O3S/c27-23-25(18-19-8-3-1-4-9-19)16-7-17-26(23)21-14-12-20(13-15-21)24-30(28,29)22-10-5-2-6-11-22/h1-6,8-15,24H,7,16-18H2. The highest BCUT2D eigenvalue weighted by Crippen LogP contribution is 2.24. The third-order valence-corrected chi connectivity index (χ3v) is 6.41. The van der Waals surface area contributed by atoms with Gasteiger partial charge in [-0.3, -0.25) is 9.62 Å². The molecule has 0 spiro atoms. The normalized spacial score (nSPS) is 14.6. The van der Waals surface area contributed by atoms with E-state index in [0.717, 1.165) is 24.2 Å². The van der Waals surface area contributed by atoms with Crippen LogP contribution in [0.1, 0.15) is 12.0 Å². The van der Waals surface area contributed by atoms with Crippen molar-refractivity contribution in [3.05, 3.63) is 90.5 Å². The molecule has 7 heteroatoms. The van der Waals surface area contributed by atoms with E-state index >= 15 is 0 Å². The molecule has 1 saturated heterocycles. The molecule has 2 amide bonds. The quantitative estimate of drug-likeness (QED) is 0.644. The van der Waals surface area contributed by atoms with Gasteiger partial charge >= 0.3 is 6.03 Å².